The van der Waals surface area contributed by atoms with E-state index in [1.165, 1.54) is 0 Å². The number of ketones is 1. The van der Waals surface area contributed by atoms with Crippen LogP contribution in [-0.2, 0) is 4.79 Å². The number of nitrogens with one attached hydrogen (secondary N) is 1. The zero-order valence-corrected chi connectivity index (χ0v) is 13.9. The maximum absolute atomic E-state index is 12.4. The molecule has 0 saturated heterocycles. The van der Waals surface area contributed by atoms with E-state index in [0.29, 0.717) is 23.5 Å². The Kier molecular flexibility index (Phi) is 3.15. The summed E-state index contributed by atoms with van der Waals surface area (Å²) < 4.78 is 0. The third-order valence-electron chi connectivity index (χ3n) is 8.25. The number of Topliss-reactive ketones (excluding diaryl/α,β-unsaturated/α-hetero) is 1. The lowest BCUT2D eigenvalue weighted by Gasteiger charge is -2.60. The van der Waals surface area contributed by atoms with Gasteiger partial charge in [0.15, 0.2) is 0 Å². The van der Waals surface area contributed by atoms with Crippen molar-refractivity contribution >= 4 is 11.5 Å². The molecule has 122 valence electrons. The van der Waals surface area contributed by atoms with Gasteiger partial charge >= 0.3 is 0 Å². The second kappa shape index (κ2) is 4.66. The highest BCUT2D eigenvalue weighted by molar-refractivity contribution is 5.87. The van der Waals surface area contributed by atoms with Crippen LogP contribution >= 0.6 is 0 Å². The molecule has 0 spiro atoms. The molecule has 0 aromatic heterocycles. The van der Waals surface area contributed by atoms with Crippen molar-refractivity contribution < 1.29 is 9.90 Å². The van der Waals surface area contributed by atoms with E-state index in [1.54, 1.807) is 0 Å². The van der Waals surface area contributed by atoms with Gasteiger partial charge in [-0.1, -0.05) is 13.8 Å². The Balaban J connectivity index is 1.69. The summed E-state index contributed by atoms with van der Waals surface area (Å²) in [6.07, 6.45) is 7.35. The summed E-state index contributed by atoms with van der Waals surface area (Å²) in [6, 6.07) is 0. The number of hydrogen-bond donors (Lipinski definition) is 2. The molecule has 3 nitrogen and oxygen atoms in total. The van der Waals surface area contributed by atoms with Gasteiger partial charge in [0.2, 0.25) is 0 Å². The largest absolute Gasteiger partial charge is 0.393 e. The molecule has 0 heterocycles. The van der Waals surface area contributed by atoms with E-state index in [0.717, 1.165) is 57.1 Å². The average molecular weight is 303 g/mol. The summed E-state index contributed by atoms with van der Waals surface area (Å²) >= 11 is 0. The molecule has 4 fully saturated rings. The highest BCUT2D eigenvalue weighted by atomic mass is 16.3. The first-order valence-corrected chi connectivity index (χ1v) is 9.14. The number of aliphatic hydroxyl groups excluding tert-OH is 1. The van der Waals surface area contributed by atoms with Crippen LogP contribution < -0.4 is 0 Å². The van der Waals surface area contributed by atoms with Crippen molar-refractivity contribution in [3.05, 3.63) is 0 Å². The van der Waals surface area contributed by atoms with Gasteiger partial charge in [-0.3, -0.25) is 4.79 Å². The highest BCUT2D eigenvalue weighted by Gasteiger charge is 2.61. The van der Waals surface area contributed by atoms with E-state index in [2.05, 4.69) is 13.8 Å². The van der Waals surface area contributed by atoms with Crippen LogP contribution in [-0.4, -0.2) is 22.7 Å². The molecule has 7 atom stereocenters. The first-order valence-electron chi connectivity index (χ1n) is 9.14. The third kappa shape index (κ3) is 1.78. The first kappa shape index (κ1) is 14.9. The SMILES string of the molecule is C[C@]12CCC3C(C[C@@H](O)[C@H]4CC(=N)CC[C@]34C)C1CCC2=O. The number of fused-ring (bicyclic) bond motifs is 5. The molecule has 3 heteroatoms. The molecule has 3 unspecified atom stereocenters. The van der Waals surface area contributed by atoms with Crippen LogP contribution in [0, 0.1) is 39.9 Å². The van der Waals surface area contributed by atoms with E-state index in [4.69, 9.17) is 5.41 Å². The van der Waals surface area contributed by atoms with Gasteiger partial charge in [-0.25, -0.2) is 0 Å². The fourth-order valence-electron chi connectivity index (χ4n) is 6.89. The zero-order valence-electron chi connectivity index (χ0n) is 13.9. The average Bonchev–Trinajstić information content (AvgIpc) is 2.77. The van der Waals surface area contributed by atoms with Crippen LogP contribution in [0.15, 0.2) is 0 Å². The standard InChI is InChI=1S/C19H29NO2/c1-18-7-5-11(20)9-15(18)16(21)10-12-13-3-4-17(22)19(13,2)8-6-14(12)18/h12-16,20-21H,3-10H2,1-2H3/t12?,13?,14?,15-,16-,18-,19+/m1/s1. The summed E-state index contributed by atoms with van der Waals surface area (Å²) in [5, 5.41) is 18.9. The Morgan fingerprint density at radius 2 is 1.86 bits per heavy atom. The van der Waals surface area contributed by atoms with Gasteiger partial charge < -0.3 is 10.5 Å². The van der Waals surface area contributed by atoms with Gasteiger partial charge in [-0.2, -0.15) is 0 Å². The molecule has 4 aliphatic rings. The lowest BCUT2D eigenvalue weighted by molar-refractivity contribution is -0.152. The Hall–Kier alpha value is -0.700. The van der Waals surface area contributed by atoms with Crippen molar-refractivity contribution in [2.75, 3.05) is 0 Å². The molecule has 4 aliphatic carbocycles. The minimum absolute atomic E-state index is 0.106. The van der Waals surface area contributed by atoms with Crippen LogP contribution in [0.5, 0.6) is 0 Å². The smallest absolute Gasteiger partial charge is 0.139 e. The number of aliphatic hydroxyl groups is 1. The summed E-state index contributed by atoms with van der Waals surface area (Å²) in [5.41, 5.74) is 0.905. The summed E-state index contributed by atoms with van der Waals surface area (Å²) in [7, 11) is 0. The van der Waals surface area contributed by atoms with Gasteiger partial charge in [0.1, 0.15) is 5.78 Å². The van der Waals surface area contributed by atoms with Crippen molar-refractivity contribution in [1.82, 2.24) is 0 Å². The lowest BCUT2D eigenvalue weighted by atomic mass is 9.44. The van der Waals surface area contributed by atoms with Gasteiger partial charge in [-0.15, -0.1) is 0 Å². The normalized spacial score (nSPS) is 54.6. The Labute approximate surface area is 133 Å². The molecule has 4 rings (SSSR count). The van der Waals surface area contributed by atoms with Crippen molar-refractivity contribution in [2.24, 2.45) is 34.5 Å². The molecule has 2 N–H and O–H groups in total. The van der Waals surface area contributed by atoms with Crippen molar-refractivity contribution in [1.29, 1.82) is 5.41 Å². The van der Waals surface area contributed by atoms with E-state index in [9.17, 15) is 9.90 Å². The molecule has 4 saturated carbocycles. The predicted octanol–water partition coefficient (Wildman–Crippen LogP) is 3.59. The number of hydrogen-bond acceptors (Lipinski definition) is 3. The molecule has 22 heavy (non-hydrogen) atoms. The number of rotatable bonds is 0. The summed E-state index contributed by atoms with van der Waals surface area (Å²) in [6.45, 7) is 4.57. The fourth-order valence-corrected chi connectivity index (χ4v) is 6.89. The van der Waals surface area contributed by atoms with Crippen LogP contribution in [0.25, 0.3) is 0 Å². The van der Waals surface area contributed by atoms with Gasteiger partial charge in [0.25, 0.3) is 0 Å². The van der Waals surface area contributed by atoms with Gasteiger partial charge in [-0.05, 0) is 74.0 Å². The van der Waals surface area contributed by atoms with Gasteiger partial charge in [0.05, 0.1) is 6.10 Å². The van der Waals surface area contributed by atoms with E-state index < -0.39 is 0 Å². The maximum atomic E-state index is 12.4. The predicted molar refractivity (Wildman–Crippen MR) is 85.9 cm³/mol. The molecule has 0 aromatic rings. The molecular weight excluding hydrogens is 274 g/mol. The Bertz CT molecular complexity index is 530. The molecule has 0 bridgehead atoms. The molecular formula is C19H29NO2. The first-order chi connectivity index (χ1) is 10.4. The summed E-state index contributed by atoms with van der Waals surface area (Å²) in [5.74, 6) is 2.42. The third-order valence-corrected chi connectivity index (χ3v) is 8.25. The van der Waals surface area contributed by atoms with Crippen LogP contribution in [0.3, 0.4) is 0 Å². The molecule has 0 aliphatic heterocycles. The molecule has 0 aromatic carbocycles. The van der Waals surface area contributed by atoms with Crippen molar-refractivity contribution in [2.45, 2.75) is 71.3 Å². The van der Waals surface area contributed by atoms with E-state index in [1.807, 2.05) is 0 Å². The fraction of sp³-hybridized carbons (Fsp3) is 0.895. The number of carbonyl (C=O) groups is 1. The van der Waals surface area contributed by atoms with Crippen LogP contribution in [0.1, 0.15) is 65.2 Å². The molecule has 0 amide bonds. The van der Waals surface area contributed by atoms with Crippen molar-refractivity contribution in [3.8, 4) is 0 Å². The van der Waals surface area contributed by atoms with Gasteiger partial charge in [0, 0.05) is 17.5 Å². The van der Waals surface area contributed by atoms with E-state index in [-0.39, 0.29) is 22.9 Å². The maximum Gasteiger partial charge on any atom is 0.139 e. The van der Waals surface area contributed by atoms with Crippen LogP contribution in [0.4, 0.5) is 0 Å². The monoisotopic (exact) mass is 303 g/mol. The zero-order chi connectivity index (χ0) is 15.7. The van der Waals surface area contributed by atoms with Crippen LogP contribution in [0.2, 0.25) is 0 Å². The summed E-state index contributed by atoms with van der Waals surface area (Å²) in [4.78, 5) is 12.4. The number of carbonyl (C=O) groups excluding carboxylic acids is 1. The highest BCUT2D eigenvalue weighted by Crippen LogP contribution is 2.65. The Morgan fingerprint density at radius 1 is 1.09 bits per heavy atom. The second-order valence-corrected chi connectivity index (χ2v) is 9.02. The minimum atomic E-state index is -0.273. The second-order valence-electron chi connectivity index (χ2n) is 9.02. The quantitative estimate of drug-likeness (QED) is 0.718. The van der Waals surface area contributed by atoms with Crippen molar-refractivity contribution in [3.63, 3.8) is 0 Å². The topological polar surface area (TPSA) is 61.1 Å². The lowest BCUT2D eigenvalue weighted by Crippen LogP contribution is -2.57. The van der Waals surface area contributed by atoms with E-state index >= 15 is 0 Å². The Morgan fingerprint density at radius 3 is 2.64 bits per heavy atom. The molecule has 0 radical (unpaired) electrons. The minimum Gasteiger partial charge on any atom is -0.393 e.